The number of benzene rings is 2. The number of halogens is 1. The maximum absolute atomic E-state index is 13.4. The summed E-state index contributed by atoms with van der Waals surface area (Å²) in [5.41, 5.74) is 3.04. The van der Waals surface area contributed by atoms with Gasteiger partial charge in [-0.2, -0.15) is 0 Å². The van der Waals surface area contributed by atoms with Gasteiger partial charge in [-0.3, -0.25) is 4.79 Å². The molecule has 1 saturated heterocycles. The molecule has 23 heavy (non-hydrogen) atoms. The van der Waals surface area contributed by atoms with E-state index in [-0.39, 0.29) is 17.1 Å². The fraction of sp³-hybridized carbons (Fsp3) is 0.278. The quantitative estimate of drug-likeness (QED) is 0.855. The van der Waals surface area contributed by atoms with Gasteiger partial charge in [0, 0.05) is 26.3 Å². The van der Waals surface area contributed by atoms with Gasteiger partial charge in [-0.05, 0) is 35.4 Å². The zero-order valence-electron chi connectivity index (χ0n) is 13.2. The van der Waals surface area contributed by atoms with Crippen LogP contribution in [0.5, 0.6) is 0 Å². The average molecular weight is 330 g/mol. The maximum Gasteiger partial charge on any atom is 0.234 e. The molecule has 0 saturated carbocycles. The van der Waals surface area contributed by atoms with Gasteiger partial charge in [0.05, 0.1) is 5.75 Å². The van der Waals surface area contributed by atoms with Crippen molar-refractivity contribution in [2.75, 3.05) is 24.7 Å². The summed E-state index contributed by atoms with van der Waals surface area (Å²) < 4.78 is 13.4. The molecule has 0 aromatic heterocycles. The third-order valence-electron chi connectivity index (χ3n) is 3.90. The molecule has 1 atom stereocenters. The number of carbonyl (C=O) groups excluding carboxylic acids is 1. The highest BCUT2D eigenvalue weighted by molar-refractivity contribution is 8.00. The molecule has 120 valence electrons. The first-order valence-corrected chi connectivity index (χ1v) is 8.52. The molecule has 1 amide bonds. The Labute approximate surface area is 140 Å². The Morgan fingerprint density at radius 3 is 2.61 bits per heavy atom. The highest BCUT2D eigenvalue weighted by Gasteiger charge is 2.32. The lowest BCUT2D eigenvalue weighted by Crippen LogP contribution is -2.27. The summed E-state index contributed by atoms with van der Waals surface area (Å²) in [5, 5.41) is -0.0121. The number of hydrogen-bond acceptors (Lipinski definition) is 3. The van der Waals surface area contributed by atoms with Crippen LogP contribution < -0.4 is 4.90 Å². The molecule has 3 nitrogen and oxygen atoms in total. The predicted octanol–water partition coefficient (Wildman–Crippen LogP) is 3.67. The van der Waals surface area contributed by atoms with E-state index in [2.05, 4.69) is 24.3 Å². The number of hydrogen-bond donors (Lipinski definition) is 0. The third-order valence-corrected chi connectivity index (χ3v) is 5.16. The number of rotatable bonds is 4. The lowest BCUT2D eigenvalue weighted by Gasteiger charge is -2.25. The molecule has 1 aliphatic rings. The van der Waals surface area contributed by atoms with Gasteiger partial charge in [0.25, 0.3) is 0 Å². The van der Waals surface area contributed by atoms with Crippen molar-refractivity contribution >= 4 is 23.4 Å². The lowest BCUT2D eigenvalue weighted by molar-refractivity contribution is -0.128. The van der Waals surface area contributed by atoms with Crippen LogP contribution in [0.1, 0.15) is 16.5 Å². The van der Waals surface area contributed by atoms with Crippen LogP contribution in [0.15, 0.2) is 48.5 Å². The maximum atomic E-state index is 13.4. The van der Waals surface area contributed by atoms with Crippen LogP contribution in [0.2, 0.25) is 0 Å². The largest absolute Gasteiger partial charge is 0.378 e. The van der Waals surface area contributed by atoms with Crippen LogP contribution in [0.3, 0.4) is 0 Å². The molecule has 2 aromatic rings. The second-order valence-corrected chi connectivity index (χ2v) is 6.87. The number of carbonyl (C=O) groups is 1. The Morgan fingerprint density at radius 1 is 1.22 bits per heavy atom. The SMILES string of the molecule is CN(C)c1ccc(C2SCC(=O)N2Cc2cccc(F)c2)cc1. The van der Waals surface area contributed by atoms with Gasteiger partial charge < -0.3 is 9.80 Å². The van der Waals surface area contributed by atoms with Crippen molar-refractivity contribution in [3.8, 4) is 0 Å². The Hall–Kier alpha value is -2.01. The van der Waals surface area contributed by atoms with Crippen molar-refractivity contribution in [3.63, 3.8) is 0 Å². The molecular formula is C18H19FN2OS. The first-order valence-electron chi connectivity index (χ1n) is 7.47. The van der Waals surface area contributed by atoms with E-state index < -0.39 is 0 Å². The highest BCUT2D eigenvalue weighted by atomic mass is 32.2. The second-order valence-electron chi connectivity index (χ2n) is 5.80. The summed E-state index contributed by atoms with van der Waals surface area (Å²) in [6.07, 6.45) is 0. The van der Waals surface area contributed by atoms with Crippen molar-refractivity contribution in [3.05, 3.63) is 65.5 Å². The van der Waals surface area contributed by atoms with Crippen molar-refractivity contribution in [2.45, 2.75) is 11.9 Å². The first kappa shape index (κ1) is 15.9. The monoisotopic (exact) mass is 330 g/mol. The number of nitrogens with zero attached hydrogens (tertiary/aromatic N) is 2. The molecule has 2 aromatic carbocycles. The fourth-order valence-corrected chi connectivity index (χ4v) is 3.86. The highest BCUT2D eigenvalue weighted by Crippen LogP contribution is 2.39. The topological polar surface area (TPSA) is 23.6 Å². The minimum Gasteiger partial charge on any atom is -0.378 e. The zero-order chi connectivity index (χ0) is 16.4. The van der Waals surface area contributed by atoms with Crippen LogP contribution in [0, 0.1) is 5.82 Å². The molecule has 1 aliphatic heterocycles. The van der Waals surface area contributed by atoms with E-state index in [1.54, 1.807) is 17.8 Å². The molecule has 0 spiro atoms. The van der Waals surface area contributed by atoms with Gasteiger partial charge >= 0.3 is 0 Å². The van der Waals surface area contributed by atoms with E-state index in [0.29, 0.717) is 12.3 Å². The first-order chi connectivity index (χ1) is 11.0. The van der Waals surface area contributed by atoms with Gasteiger partial charge in [-0.25, -0.2) is 4.39 Å². The smallest absolute Gasteiger partial charge is 0.234 e. The normalized spacial score (nSPS) is 17.6. The molecule has 1 unspecified atom stereocenters. The van der Waals surface area contributed by atoms with E-state index in [0.717, 1.165) is 16.8 Å². The fourth-order valence-electron chi connectivity index (χ4n) is 2.67. The predicted molar refractivity (Wildman–Crippen MR) is 92.9 cm³/mol. The molecule has 0 aliphatic carbocycles. The minimum absolute atomic E-state index is 0.0121. The Balaban J connectivity index is 1.82. The molecule has 0 N–H and O–H groups in total. The summed E-state index contributed by atoms with van der Waals surface area (Å²) in [6.45, 7) is 0.434. The van der Waals surface area contributed by atoms with Crippen LogP contribution in [0.4, 0.5) is 10.1 Å². The molecule has 1 fully saturated rings. The van der Waals surface area contributed by atoms with Gasteiger partial charge in [0.15, 0.2) is 0 Å². The van der Waals surface area contributed by atoms with Gasteiger partial charge in [0.2, 0.25) is 5.91 Å². The van der Waals surface area contributed by atoms with Crippen molar-refractivity contribution in [1.29, 1.82) is 0 Å². The minimum atomic E-state index is -0.270. The Morgan fingerprint density at radius 2 is 1.96 bits per heavy atom. The van der Waals surface area contributed by atoms with Crippen molar-refractivity contribution in [1.82, 2.24) is 4.90 Å². The summed E-state index contributed by atoms with van der Waals surface area (Å²) in [7, 11) is 4.00. The number of thioether (sulfide) groups is 1. The van der Waals surface area contributed by atoms with E-state index in [1.807, 2.05) is 30.0 Å². The molecule has 0 radical (unpaired) electrons. The van der Waals surface area contributed by atoms with E-state index in [4.69, 9.17) is 0 Å². The number of anilines is 1. The molecular weight excluding hydrogens is 311 g/mol. The van der Waals surface area contributed by atoms with Gasteiger partial charge in [-0.15, -0.1) is 11.8 Å². The molecule has 0 bridgehead atoms. The summed E-state index contributed by atoms with van der Waals surface area (Å²) in [5.74, 6) is 0.296. The van der Waals surface area contributed by atoms with Crippen LogP contribution in [-0.4, -0.2) is 30.7 Å². The van der Waals surface area contributed by atoms with E-state index in [9.17, 15) is 9.18 Å². The molecule has 1 heterocycles. The summed E-state index contributed by atoms with van der Waals surface area (Å²) in [4.78, 5) is 16.1. The molecule has 3 rings (SSSR count). The summed E-state index contributed by atoms with van der Waals surface area (Å²) in [6, 6.07) is 14.7. The van der Waals surface area contributed by atoms with E-state index in [1.165, 1.54) is 12.1 Å². The second kappa shape index (κ2) is 6.62. The van der Waals surface area contributed by atoms with Crippen LogP contribution in [-0.2, 0) is 11.3 Å². The van der Waals surface area contributed by atoms with Gasteiger partial charge in [0.1, 0.15) is 11.2 Å². The van der Waals surface area contributed by atoms with Gasteiger partial charge in [-0.1, -0.05) is 24.3 Å². The van der Waals surface area contributed by atoms with E-state index >= 15 is 0 Å². The Bertz CT molecular complexity index is 702. The number of amides is 1. The molecule has 5 heteroatoms. The standard InChI is InChI=1S/C18H19FN2OS/c1-20(2)16-8-6-14(7-9-16)18-21(17(22)12-23-18)11-13-4-3-5-15(19)10-13/h3-10,18H,11-12H2,1-2H3. The zero-order valence-corrected chi connectivity index (χ0v) is 14.0. The van der Waals surface area contributed by atoms with Crippen LogP contribution >= 0.6 is 11.8 Å². The van der Waals surface area contributed by atoms with Crippen molar-refractivity contribution < 1.29 is 9.18 Å². The Kier molecular flexibility index (Phi) is 4.57. The average Bonchev–Trinajstić information content (AvgIpc) is 2.88. The van der Waals surface area contributed by atoms with Crippen molar-refractivity contribution in [2.24, 2.45) is 0 Å². The third kappa shape index (κ3) is 3.50. The van der Waals surface area contributed by atoms with Crippen LogP contribution in [0.25, 0.3) is 0 Å². The lowest BCUT2D eigenvalue weighted by atomic mass is 10.1. The summed E-state index contributed by atoms with van der Waals surface area (Å²) >= 11 is 1.62.